The van der Waals surface area contributed by atoms with Crippen molar-refractivity contribution in [2.45, 2.75) is 31.6 Å². The second-order valence-corrected chi connectivity index (χ2v) is 7.78. The first-order valence-corrected chi connectivity index (χ1v) is 10.2. The zero-order chi connectivity index (χ0) is 19.6. The topological polar surface area (TPSA) is 71.1 Å². The molecule has 0 spiro atoms. The van der Waals surface area contributed by atoms with E-state index in [1.54, 1.807) is 0 Å². The lowest BCUT2D eigenvalue weighted by Crippen LogP contribution is -2.27. The van der Waals surface area contributed by atoms with Gasteiger partial charge in [0.2, 0.25) is 11.8 Å². The summed E-state index contributed by atoms with van der Waals surface area (Å²) in [6, 6.07) is 17.5. The minimum absolute atomic E-state index is 0.0113. The Morgan fingerprint density at radius 1 is 1.04 bits per heavy atom. The van der Waals surface area contributed by atoms with E-state index in [1.807, 2.05) is 66.9 Å². The molecule has 0 unspecified atom stereocenters. The number of anilines is 2. The van der Waals surface area contributed by atoms with Crippen molar-refractivity contribution in [2.75, 3.05) is 10.6 Å². The third-order valence-electron chi connectivity index (χ3n) is 5.02. The summed E-state index contributed by atoms with van der Waals surface area (Å²) in [5.74, 6) is -0.00365. The van der Waals surface area contributed by atoms with E-state index in [0.717, 1.165) is 35.3 Å². The van der Waals surface area contributed by atoms with Crippen LogP contribution >= 0.6 is 11.3 Å². The van der Waals surface area contributed by atoms with Gasteiger partial charge in [-0.25, -0.2) is 4.98 Å². The molecule has 1 aliphatic rings. The van der Waals surface area contributed by atoms with Gasteiger partial charge in [0.25, 0.3) is 0 Å². The van der Waals surface area contributed by atoms with Crippen LogP contribution in [0.4, 0.5) is 10.8 Å². The van der Waals surface area contributed by atoms with E-state index >= 15 is 0 Å². The molecule has 1 aromatic heterocycles. The number of hydrogen-bond donors (Lipinski definition) is 2. The number of carbonyl (C=O) groups is 2. The van der Waals surface area contributed by atoms with Gasteiger partial charge in [-0.2, -0.15) is 0 Å². The second-order valence-electron chi connectivity index (χ2n) is 6.92. The Morgan fingerprint density at radius 3 is 2.39 bits per heavy atom. The fourth-order valence-corrected chi connectivity index (χ4v) is 3.90. The number of aromatic nitrogens is 1. The van der Waals surface area contributed by atoms with Crippen molar-refractivity contribution in [1.29, 1.82) is 0 Å². The van der Waals surface area contributed by atoms with E-state index in [2.05, 4.69) is 15.6 Å². The Balaban J connectivity index is 1.45. The Morgan fingerprint density at radius 2 is 1.75 bits per heavy atom. The normalized spacial score (nSPS) is 14.3. The number of rotatable bonds is 6. The molecule has 28 heavy (non-hydrogen) atoms. The summed E-state index contributed by atoms with van der Waals surface area (Å²) in [4.78, 5) is 28.9. The number of amides is 2. The van der Waals surface area contributed by atoms with Crippen LogP contribution in [0.3, 0.4) is 0 Å². The molecule has 2 N–H and O–H groups in total. The van der Waals surface area contributed by atoms with Gasteiger partial charge in [-0.05, 0) is 30.5 Å². The second kappa shape index (κ2) is 7.56. The van der Waals surface area contributed by atoms with Crippen LogP contribution in [-0.4, -0.2) is 16.8 Å². The van der Waals surface area contributed by atoms with Crippen molar-refractivity contribution in [2.24, 2.45) is 0 Å². The molecule has 0 bridgehead atoms. The van der Waals surface area contributed by atoms with Gasteiger partial charge >= 0.3 is 0 Å². The maximum atomic E-state index is 12.8. The molecule has 6 heteroatoms. The summed E-state index contributed by atoms with van der Waals surface area (Å²) in [6.07, 6.45) is 2.18. The molecule has 0 atom stereocenters. The van der Waals surface area contributed by atoms with Crippen molar-refractivity contribution in [3.05, 3.63) is 65.5 Å². The summed E-state index contributed by atoms with van der Waals surface area (Å²) in [7, 11) is 0. The molecule has 0 radical (unpaired) electrons. The fraction of sp³-hybridized carbons (Fsp3) is 0.227. The average Bonchev–Trinajstić information content (AvgIpc) is 3.43. The van der Waals surface area contributed by atoms with E-state index in [-0.39, 0.29) is 11.8 Å². The lowest BCUT2D eigenvalue weighted by Gasteiger charge is -2.14. The Kier molecular flexibility index (Phi) is 4.96. The van der Waals surface area contributed by atoms with Gasteiger partial charge in [-0.3, -0.25) is 9.59 Å². The molecule has 1 heterocycles. The maximum absolute atomic E-state index is 12.8. The van der Waals surface area contributed by atoms with Gasteiger partial charge in [0.1, 0.15) is 0 Å². The molecule has 5 nitrogen and oxygen atoms in total. The lowest BCUT2D eigenvalue weighted by atomic mass is 9.95. The van der Waals surface area contributed by atoms with E-state index in [9.17, 15) is 9.59 Å². The first-order chi connectivity index (χ1) is 13.6. The van der Waals surface area contributed by atoms with Crippen LogP contribution in [-0.2, 0) is 15.0 Å². The highest BCUT2D eigenvalue weighted by atomic mass is 32.1. The number of nitrogens with one attached hydrogen (secondary N) is 2. The Hall–Kier alpha value is -2.99. The molecular formula is C22H21N3O2S. The smallest absolute Gasteiger partial charge is 0.236 e. The zero-order valence-electron chi connectivity index (χ0n) is 15.6. The summed E-state index contributed by atoms with van der Waals surface area (Å²) in [6.45, 7) is 1.82. The van der Waals surface area contributed by atoms with Crippen molar-refractivity contribution in [3.63, 3.8) is 0 Å². The van der Waals surface area contributed by atoms with Gasteiger partial charge in [0.05, 0.1) is 11.1 Å². The molecule has 3 aromatic rings. The molecule has 2 aromatic carbocycles. The van der Waals surface area contributed by atoms with Gasteiger partial charge < -0.3 is 10.6 Å². The number of thiazole rings is 1. The minimum atomic E-state index is -0.410. The number of hydrogen-bond acceptors (Lipinski definition) is 4. The zero-order valence-corrected chi connectivity index (χ0v) is 16.4. The first-order valence-electron chi connectivity index (χ1n) is 9.33. The summed E-state index contributed by atoms with van der Waals surface area (Å²) >= 11 is 1.42. The van der Waals surface area contributed by atoms with E-state index in [0.29, 0.717) is 11.6 Å². The fourth-order valence-electron chi connectivity index (χ4n) is 3.18. The van der Waals surface area contributed by atoms with Crippen LogP contribution in [0.1, 0.15) is 31.7 Å². The van der Waals surface area contributed by atoms with Crippen LogP contribution in [0.15, 0.2) is 60.0 Å². The highest BCUT2D eigenvalue weighted by Gasteiger charge is 2.51. The van der Waals surface area contributed by atoms with Gasteiger partial charge in [-0.1, -0.05) is 49.4 Å². The van der Waals surface area contributed by atoms with E-state index < -0.39 is 5.41 Å². The largest absolute Gasteiger partial charge is 0.326 e. The minimum Gasteiger partial charge on any atom is -0.326 e. The molecule has 2 amide bonds. The average molecular weight is 391 g/mol. The highest BCUT2D eigenvalue weighted by molar-refractivity contribution is 7.14. The quantitative estimate of drug-likeness (QED) is 0.632. The molecule has 1 fully saturated rings. The van der Waals surface area contributed by atoms with Gasteiger partial charge in [0.15, 0.2) is 5.13 Å². The molecule has 1 aliphatic carbocycles. The molecule has 1 saturated carbocycles. The SMILES string of the molecule is CCC(=O)Nc1ccc(-c2csc(NC(=O)C3(c4ccccc4)CC3)n2)cc1. The summed E-state index contributed by atoms with van der Waals surface area (Å²) < 4.78 is 0. The number of benzene rings is 2. The highest BCUT2D eigenvalue weighted by Crippen LogP contribution is 2.49. The monoisotopic (exact) mass is 391 g/mol. The molecule has 0 saturated heterocycles. The summed E-state index contributed by atoms with van der Waals surface area (Å²) in [5, 5.41) is 8.35. The van der Waals surface area contributed by atoms with Crippen LogP contribution in [0, 0.1) is 0 Å². The standard InChI is InChI=1S/C22H21N3O2S/c1-2-19(26)23-17-10-8-15(9-11-17)18-14-28-21(24-18)25-20(27)22(12-13-22)16-6-4-3-5-7-16/h3-11,14H,2,12-13H2,1H3,(H,23,26)(H,24,25,27). The number of carbonyl (C=O) groups excluding carboxylic acids is 2. The van der Waals surface area contributed by atoms with Crippen molar-refractivity contribution in [1.82, 2.24) is 4.98 Å². The molecule has 142 valence electrons. The summed E-state index contributed by atoms with van der Waals surface area (Å²) in [5.41, 5.74) is 3.16. The number of nitrogens with zero attached hydrogens (tertiary/aromatic N) is 1. The third-order valence-corrected chi connectivity index (χ3v) is 5.78. The molecular weight excluding hydrogens is 370 g/mol. The van der Waals surface area contributed by atoms with Gasteiger partial charge in [0, 0.05) is 23.1 Å². The van der Waals surface area contributed by atoms with Crippen LogP contribution in [0.5, 0.6) is 0 Å². The van der Waals surface area contributed by atoms with E-state index in [1.165, 1.54) is 11.3 Å². The lowest BCUT2D eigenvalue weighted by molar-refractivity contribution is -0.118. The van der Waals surface area contributed by atoms with Crippen LogP contribution in [0.25, 0.3) is 11.3 Å². The molecule has 0 aliphatic heterocycles. The van der Waals surface area contributed by atoms with Crippen molar-refractivity contribution < 1.29 is 9.59 Å². The van der Waals surface area contributed by atoms with Crippen LogP contribution < -0.4 is 10.6 Å². The van der Waals surface area contributed by atoms with Crippen molar-refractivity contribution >= 4 is 34.0 Å². The van der Waals surface area contributed by atoms with Crippen molar-refractivity contribution in [3.8, 4) is 11.3 Å². The maximum Gasteiger partial charge on any atom is 0.236 e. The predicted octanol–water partition coefficient (Wildman–Crippen LogP) is 4.83. The van der Waals surface area contributed by atoms with E-state index in [4.69, 9.17) is 0 Å². The Labute approximate surface area is 167 Å². The van der Waals surface area contributed by atoms with Crippen LogP contribution in [0.2, 0.25) is 0 Å². The predicted molar refractivity (Wildman–Crippen MR) is 112 cm³/mol. The third kappa shape index (κ3) is 3.68. The molecule has 4 rings (SSSR count). The Bertz CT molecular complexity index is 992. The first kappa shape index (κ1) is 18.4. The van der Waals surface area contributed by atoms with Gasteiger partial charge in [-0.15, -0.1) is 11.3 Å².